The van der Waals surface area contributed by atoms with E-state index in [0.717, 1.165) is 28.3 Å². The molecular formula is C16H19NO2. The molecule has 1 aromatic carbocycles. The number of aryl methyl sites for hydroxylation is 2. The molecule has 0 unspecified atom stereocenters. The van der Waals surface area contributed by atoms with Gasteiger partial charge in [0.15, 0.2) is 6.61 Å². The van der Waals surface area contributed by atoms with Gasteiger partial charge in [0.2, 0.25) is 5.78 Å². The van der Waals surface area contributed by atoms with Crippen LogP contribution in [0.2, 0.25) is 0 Å². The molecule has 0 atom stereocenters. The number of Topliss-reactive ketones (excluding diaryl/α,β-unsaturated/α-hetero) is 1. The lowest BCUT2D eigenvalue weighted by atomic mass is 10.1. The predicted molar refractivity (Wildman–Crippen MR) is 75.9 cm³/mol. The third-order valence-electron chi connectivity index (χ3n) is 3.44. The van der Waals surface area contributed by atoms with Gasteiger partial charge < -0.3 is 9.30 Å². The number of rotatable bonds is 4. The average Bonchev–Trinajstić information content (AvgIpc) is 2.64. The SMILES string of the molecule is Cc1cccc(OCC(=O)c2cc(C)n(C)c2C)c1. The molecule has 0 radical (unpaired) electrons. The van der Waals surface area contributed by atoms with Crippen LogP contribution in [0.3, 0.4) is 0 Å². The Bertz CT molecular complexity index is 611. The second-order valence-electron chi connectivity index (χ2n) is 4.87. The molecule has 0 saturated heterocycles. The van der Waals surface area contributed by atoms with Gasteiger partial charge in [0.25, 0.3) is 0 Å². The molecule has 0 saturated carbocycles. The highest BCUT2D eigenvalue weighted by Crippen LogP contribution is 2.16. The maximum Gasteiger partial charge on any atom is 0.202 e. The van der Waals surface area contributed by atoms with E-state index in [4.69, 9.17) is 4.74 Å². The fourth-order valence-electron chi connectivity index (χ4n) is 2.07. The molecular weight excluding hydrogens is 238 g/mol. The maximum atomic E-state index is 12.2. The molecule has 0 fully saturated rings. The first-order valence-electron chi connectivity index (χ1n) is 6.34. The van der Waals surface area contributed by atoms with Gasteiger partial charge in [-0.25, -0.2) is 0 Å². The number of hydrogen-bond donors (Lipinski definition) is 0. The molecule has 19 heavy (non-hydrogen) atoms. The first kappa shape index (κ1) is 13.4. The van der Waals surface area contributed by atoms with Gasteiger partial charge in [-0.3, -0.25) is 4.79 Å². The maximum absolute atomic E-state index is 12.2. The van der Waals surface area contributed by atoms with Crippen molar-refractivity contribution < 1.29 is 9.53 Å². The molecule has 0 spiro atoms. The minimum Gasteiger partial charge on any atom is -0.485 e. The zero-order valence-electron chi connectivity index (χ0n) is 11.9. The largest absolute Gasteiger partial charge is 0.485 e. The van der Waals surface area contributed by atoms with Crippen LogP contribution in [-0.4, -0.2) is 17.0 Å². The Balaban J connectivity index is 2.07. The Morgan fingerprint density at radius 1 is 1.21 bits per heavy atom. The van der Waals surface area contributed by atoms with Crippen LogP contribution in [0.15, 0.2) is 30.3 Å². The summed E-state index contributed by atoms with van der Waals surface area (Å²) in [6.45, 7) is 6.02. The lowest BCUT2D eigenvalue weighted by Gasteiger charge is -2.06. The van der Waals surface area contributed by atoms with Crippen LogP contribution in [0.25, 0.3) is 0 Å². The van der Waals surface area contributed by atoms with E-state index >= 15 is 0 Å². The lowest BCUT2D eigenvalue weighted by Crippen LogP contribution is -2.12. The third kappa shape index (κ3) is 2.87. The van der Waals surface area contributed by atoms with E-state index in [-0.39, 0.29) is 12.4 Å². The number of carbonyl (C=O) groups is 1. The summed E-state index contributed by atoms with van der Waals surface area (Å²) in [7, 11) is 1.96. The smallest absolute Gasteiger partial charge is 0.202 e. The Morgan fingerprint density at radius 2 is 1.95 bits per heavy atom. The van der Waals surface area contributed by atoms with Gasteiger partial charge in [0.05, 0.1) is 0 Å². The van der Waals surface area contributed by atoms with Crippen LogP contribution in [0.5, 0.6) is 5.75 Å². The second-order valence-corrected chi connectivity index (χ2v) is 4.87. The van der Waals surface area contributed by atoms with Crippen molar-refractivity contribution in [3.05, 3.63) is 52.8 Å². The lowest BCUT2D eigenvalue weighted by molar-refractivity contribution is 0.0921. The molecule has 0 bridgehead atoms. The minimum atomic E-state index is 0.0164. The summed E-state index contributed by atoms with van der Waals surface area (Å²) >= 11 is 0. The van der Waals surface area contributed by atoms with Crippen molar-refractivity contribution in [1.82, 2.24) is 4.57 Å². The molecule has 0 aliphatic heterocycles. The highest BCUT2D eigenvalue weighted by Gasteiger charge is 2.14. The average molecular weight is 257 g/mol. The Kier molecular flexibility index (Phi) is 3.74. The summed E-state index contributed by atoms with van der Waals surface area (Å²) in [5.74, 6) is 0.751. The Labute approximate surface area is 113 Å². The minimum absolute atomic E-state index is 0.0164. The van der Waals surface area contributed by atoms with Crippen molar-refractivity contribution in [3.63, 3.8) is 0 Å². The van der Waals surface area contributed by atoms with Gasteiger partial charge in [0, 0.05) is 24.0 Å². The number of nitrogens with zero attached hydrogens (tertiary/aromatic N) is 1. The Hall–Kier alpha value is -2.03. The Morgan fingerprint density at radius 3 is 2.53 bits per heavy atom. The van der Waals surface area contributed by atoms with E-state index in [1.54, 1.807) is 0 Å². The van der Waals surface area contributed by atoms with Crippen LogP contribution in [0.1, 0.15) is 27.3 Å². The van der Waals surface area contributed by atoms with Crippen molar-refractivity contribution in [2.75, 3.05) is 6.61 Å². The number of carbonyl (C=O) groups excluding carboxylic acids is 1. The molecule has 0 aliphatic rings. The predicted octanol–water partition coefficient (Wildman–Crippen LogP) is 3.21. The monoisotopic (exact) mass is 257 g/mol. The van der Waals surface area contributed by atoms with E-state index < -0.39 is 0 Å². The summed E-state index contributed by atoms with van der Waals surface area (Å²) in [5, 5.41) is 0. The third-order valence-corrected chi connectivity index (χ3v) is 3.44. The van der Waals surface area contributed by atoms with Crippen molar-refractivity contribution in [1.29, 1.82) is 0 Å². The highest BCUT2D eigenvalue weighted by atomic mass is 16.5. The van der Waals surface area contributed by atoms with Gasteiger partial charge in [0.1, 0.15) is 5.75 Å². The quantitative estimate of drug-likeness (QED) is 0.787. The van der Waals surface area contributed by atoms with Gasteiger partial charge in [-0.15, -0.1) is 0 Å². The number of ether oxygens (including phenoxy) is 1. The zero-order valence-corrected chi connectivity index (χ0v) is 11.9. The summed E-state index contributed by atoms with van der Waals surface area (Å²) in [4.78, 5) is 12.2. The number of benzene rings is 1. The normalized spacial score (nSPS) is 10.5. The van der Waals surface area contributed by atoms with Crippen molar-refractivity contribution >= 4 is 5.78 Å². The molecule has 0 amide bonds. The molecule has 2 rings (SSSR count). The van der Waals surface area contributed by atoms with E-state index in [9.17, 15) is 4.79 Å². The summed E-state index contributed by atoms with van der Waals surface area (Å²) in [5.41, 5.74) is 3.93. The van der Waals surface area contributed by atoms with Crippen LogP contribution in [-0.2, 0) is 7.05 Å². The molecule has 100 valence electrons. The van der Waals surface area contributed by atoms with Gasteiger partial charge in [-0.1, -0.05) is 12.1 Å². The van der Waals surface area contributed by atoms with Gasteiger partial charge in [-0.05, 0) is 44.5 Å². The number of hydrogen-bond acceptors (Lipinski definition) is 2. The van der Waals surface area contributed by atoms with Crippen LogP contribution in [0.4, 0.5) is 0 Å². The van der Waals surface area contributed by atoms with Crippen molar-refractivity contribution in [3.8, 4) is 5.75 Å². The first-order chi connectivity index (χ1) is 8.99. The first-order valence-corrected chi connectivity index (χ1v) is 6.34. The van der Waals surface area contributed by atoms with Gasteiger partial charge in [-0.2, -0.15) is 0 Å². The van der Waals surface area contributed by atoms with Crippen LogP contribution < -0.4 is 4.74 Å². The summed E-state index contributed by atoms with van der Waals surface area (Å²) in [6, 6.07) is 9.63. The van der Waals surface area contributed by atoms with E-state index in [0.29, 0.717) is 0 Å². The molecule has 2 aromatic rings. The fourth-order valence-corrected chi connectivity index (χ4v) is 2.07. The van der Waals surface area contributed by atoms with E-state index in [2.05, 4.69) is 0 Å². The zero-order chi connectivity index (χ0) is 14.0. The highest BCUT2D eigenvalue weighted by molar-refractivity contribution is 5.98. The topological polar surface area (TPSA) is 31.2 Å². The molecule has 0 N–H and O–H groups in total. The fraction of sp³-hybridized carbons (Fsp3) is 0.312. The van der Waals surface area contributed by atoms with Crippen LogP contribution >= 0.6 is 0 Å². The summed E-state index contributed by atoms with van der Waals surface area (Å²) < 4.78 is 7.56. The van der Waals surface area contributed by atoms with E-state index in [1.807, 2.05) is 62.7 Å². The summed E-state index contributed by atoms with van der Waals surface area (Å²) in [6.07, 6.45) is 0. The van der Waals surface area contributed by atoms with Gasteiger partial charge >= 0.3 is 0 Å². The van der Waals surface area contributed by atoms with Crippen LogP contribution in [0, 0.1) is 20.8 Å². The second kappa shape index (κ2) is 5.31. The number of ketones is 1. The van der Waals surface area contributed by atoms with Crippen molar-refractivity contribution in [2.45, 2.75) is 20.8 Å². The van der Waals surface area contributed by atoms with Crippen molar-refractivity contribution in [2.24, 2.45) is 7.05 Å². The van der Waals surface area contributed by atoms with E-state index in [1.165, 1.54) is 0 Å². The molecule has 1 heterocycles. The number of aromatic nitrogens is 1. The molecule has 0 aliphatic carbocycles. The molecule has 3 heteroatoms. The molecule has 3 nitrogen and oxygen atoms in total. The molecule has 1 aromatic heterocycles. The standard InChI is InChI=1S/C16H19NO2/c1-11-6-5-7-14(8-11)19-10-16(18)15-9-12(2)17(4)13(15)3/h5-9H,10H2,1-4H3.